The molecule has 158 valence electrons. The Morgan fingerprint density at radius 3 is 0.962 bits per heavy atom. The predicted molar refractivity (Wildman–Crippen MR) is 116 cm³/mol. The second kappa shape index (κ2) is 20.4. The minimum atomic E-state index is -3.27. The van der Waals surface area contributed by atoms with Crippen molar-refractivity contribution in [2.45, 2.75) is 122 Å². The third-order valence-corrected chi connectivity index (χ3v) is 11.1. The molecule has 0 amide bonds. The first-order chi connectivity index (χ1) is 12.7. The van der Waals surface area contributed by atoms with Gasteiger partial charge in [0.2, 0.25) is 0 Å². The maximum atomic E-state index is 6.23. The minimum absolute atomic E-state index is 0.821. The van der Waals surface area contributed by atoms with E-state index in [2.05, 4.69) is 25.7 Å². The molecule has 0 aromatic carbocycles. The Morgan fingerprint density at radius 1 is 0.423 bits per heavy atom. The summed E-state index contributed by atoms with van der Waals surface area (Å²) in [6.07, 6.45) is 19.1. The van der Waals surface area contributed by atoms with Gasteiger partial charge in [-0.2, -0.15) is 0 Å². The van der Waals surface area contributed by atoms with Crippen LogP contribution in [-0.2, 0) is 9.22 Å². The fourth-order valence-corrected chi connectivity index (χ4v) is 8.14. The van der Waals surface area contributed by atoms with Gasteiger partial charge in [0.15, 0.2) is 0 Å². The van der Waals surface area contributed by atoms with Gasteiger partial charge in [-0.05, 0) is 0 Å². The Balaban J connectivity index is 4.02. The van der Waals surface area contributed by atoms with Crippen LogP contribution in [0.5, 0.6) is 0 Å². The van der Waals surface area contributed by atoms with Crippen molar-refractivity contribution in [2.75, 3.05) is 19.8 Å². The van der Waals surface area contributed by atoms with Crippen LogP contribution < -0.4 is 0 Å². The summed E-state index contributed by atoms with van der Waals surface area (Å²) in [4.78, 5) is 2.17. The van der Waals surface area contributed by atoms with Crippen molar-refractivity contribution in [1.82, 2.24) is 0 Å². The van der Waals surface area contributed by atoms with Crippen molar-refractivity contribution < 1.29 is 9.22 Å². The summed E-state index contributed by atoms with van der Waals surface area (Å²) in [6, 6.07) is 0. The van der Waals surface area contributed by atoms with Crippen LogP contribution in [0.15, 0.2) is 0 Å². The first-order valence-corrected chi connectivity index (χ1v) is 17.9. The molecule has 0 aromatic heterocycles. The molecule has 0 radical (unpaired) electrons. The molecule has 0 aliphatic carbocycles. The van der Waals surface area contributed by atoms with Gasteiger partial charge in [0, 0.05) is 0 Å². The van der Waals surface area contributed by atoms with Gasteiger partial charge < -0.3 is 0 Å². The number of rotatable bonds is 21. The normalized spacial score (nSPS) is 12.0. The molecular formula is C22H48O3Sn. The molecule has 0 rings (SSSR count). The zero-order valence-corrected chi connectivity index (χ0v) is 21.3. The standard InChI is InChI=1S/3C7H15O.CH3.Sn/c3*1-2-3-4-5-6-7-8;;/h3*2-7H2,1H3;1H3;/q3*-1;;+3. The van der Waals surface area contributed by atoms with E-state index in [-0.39, 0.29) is 0 Å². The van der Waals surface area contributed by atoms with Crippen LogP contribution in [0.25, 0.3) is 0 Å². The third-order valence-electron chi connectivity index (χ3n) is 4.84. The van der Waals surface area contributed by atoms with Crippen molar-refractivity contribution >= 4 is 19.6 Å². The molecule has 26 heavy (non-hydrogen) atoms. The average molecular weight is 479 g/mol. The van der Waals surface area contributed by atoms with E-state index in [1.807, 2.05) is 0 Å². The van der Waals surface area contributed by atoms with Crippen LogP contribution in [0.1, 0.15) is 117 Å². The van der Waals surface area contributed by atoms with Crippen molar-refractivity contribution in [1.29, 1.82) is 0 Å². The fraction of sp³-hybridized carbons (Fsp3) is 1.00. The molecule has 0 unspecified atom stereocenters. The molecule has 0 saturated carbocycles. The van der Waals surface area contributed by atoms with E-state index in [0.29, 0.717) is 0 Å². The molecule has 4 heteroatoms. The number of hydrogen-bond donors (Lipinski definition) is 0. The molecule has 0 aliphatic heterocycles. The molecule has 0 aliphatic rings. The second-order valence-electron chi connectivity index (χ2n) is 7.65. The Kier molecular flexibility index (Phi) is 20.9. The van der Waals surface area contributed by atoms with Gasteiger partial charge in [-0.1, -0.05) is 0 Å². The molecule has 0 heterocycles. The van der Waals surface area contributed by atoms with Crippen LogP contribution >= 0.6 is 0 Å². The number of unbranched alkanes of at least 4 members (excludes halogenated alkanes) is 12. The van der Waals surface area contributed by atoms with E-state index < -0.39 is 19.6 Å². The van der Waals surface area contributed by atoms with E-state index in [9.17, 15) is 0 Å². The van der Waals surface area contributed by atoms with Gasteiger partial charge in [0.1, 0.15) is 0 Å². The second-order valence-corrected chi connectivity index (χ2v) is 15.0. The van der Waals surface area contributed by atoms with Gasteiger partial charge in [-0.3, -0.25) is 0 Å². The summed E-state index contributed by atoms with van der Waals surface area (Å²) >= 11 is -3.27. The van der Waals surface area contributed by atoms with Crippen LogP contribution in [0.2, 0.25) is 4.94 Å². The summed E-state index contributed by atoms with van der Waals surface area (Å²) in [5.74, 6) is 0. The molecule has 0 aromatic rings. The summed E-state index contributed by atoms with van der Waals surface area (Å²) in [7, 11) is 0. The first kappa shape index (κ1) is 26.7. The molecule has 0 fully saturated rings. The van der Waals surface area contributed by atoms with Crippen LogP contribution in [0, 0.1) is 0 Å². The zero-order valence-electron chi connectivity index (χ0n) is 18.5. The molecule has 0 saturated heterocycles. The summed E-state index contributed by atoms with van der Waals surface area (Å²) in [5, 5.41) is 0. The third kappa shape index (κ3) is 18.1. The van der Waals surface area contributed by atoms with E-state index in [4.69, 9.17) is 9.22 Å². The monoisotopic (exact) mass is 480 g/mol. The van der Waals surface area contributed by atoms with Gasteiger partial charge in [-0.15, -0.1) is 0 Å². The van der Waals surface area contributed by atoms with E-state index in [1.165, 1.54) is 77.0 Å². The summed E-state index contributed by atoms with van der Waals surface area (Å²) in [6.45, 7) is 9.23. The van der Waals surface area contributed by atoms with Gasteiger partial charge >= 0.3 is 171 Å². The Labute approximate surface area is 170 Å². The maximum absolute atomic E-state index is 6.23. The van der Waals surface area contributed by atoms with Crippen molar-refractivity contribution in [2.24, 2.45) is 0 Å². The van der Waals surface area contributed by atoms with Crippen molar-refractivity contribution in [3.8, 4) is 0 Å². The molecular weight excluding hydrogens is 431 g/mol. The Morgan fingerprint density at radius 2 is 0.692 bits per heavy atom. The van der Waals surface area contributed by atoms with Crippen molar-refractivity contribution in [3.63, 3.8) is 0 Å². The first-order valence-electron chi connectivity index (χ1n) is 11.6. The summed E-state index contributed by atoms with van der Waals surface area (Å²) < 4.78 is 18.7. The van der Waals surface area contributed by atoms with E-state index >= 15 is 0 Å². The zero-order chi connectivity index (χ0) is 19.3. The topological polar surface area (TPSA) is 27.7 Å². The Hall–Kier alpha value is 0.679. The fourth-order valence-electron chi connectivity index (χ4n) is 3.01. The predicted octanol–water partition coefficient (Wildman–Crippen LogP) is 7.52. The SMILES string of the molecule is CCCCCCC[O][Sn]([CH3])([O]CCCCCCC)[O]CCCCCCC. The Bertz CT molecular complexity index is 233. The molecule has 0 spiro atoms. The summed E-state index contributed by atoms with van der Waals surface area (Å²) in [5.41, 5.74) is 0. The quantitative estimate of drug-likeness (QED) is 0.126. The van der Waals surface area contributed by atoms with E-state index in [1.54, 1.807) is 0 Å². The number of hydrogen-bond acceptors (Lipinski definition) is 3. The van der Waals surface area contributed by atoms with Crippen LogP contribution in [0.3, 0.4) is 0 Å². The van der Waals surface area contributed by atoms with Gasteiger partial charge in [0.05, 0.1) is 0 Å². The van der Waals surface area contributed by atoms with Gasteiger partial charge in [-0.25, -0.2) is 0 Å². The molecule has 0 bridgehead atoms. The van der Waals surface area contributed by atoms with Gasteiger partial charge in [0.25, 0.3) is 0 Å². The molecule has 0 atom stereocenters. The van der Waals surface area contributed by atoms with Crippen molar-refractivity contribution in [3.05, 3.63) is 0 Å². The molecule has 0 N–H and O–H groups in total. The van der Waals surface area contributed by atoms with E-state index in [0.717, 1.165) is 39.1 Å². The molecule has 3 nitrogen and oxygen atoms in total. The van der Waals surface area contributed by atoms with Crippen LogP contribution in [-0.4, -0.2) is 39.4 Å². The van der Waals surface area contributed by atoms with Crippen LogP contribution in [0.4, 0.5) is 0 Å². The average Bonchev–Trinajstić information content (AvgIpc) is 2.64.